The monoisotopic (exact) mass is 462 g/mol. The van der Waals surface area contributed by atoms with Crippen molar-refractivity contribution >= 4 is 5.91 Å². The molecule has 8 heteroatoms. The van der Waals surface area contributed by atoms with Gasteiger partial charge in [-0.1, -0.05) is 23.4 Å². The number of carbonyl (C=O) groups excluding carboxylic acids is 1. The van der Waals surface area contributed by atoms with E-state index in [0.717, 1.165) is 41.1 Å². The molecule has 0 spiro atoms. The van der Waals surface area contributed by atoms with Crippen LogP contribution in [-0.4, -0.2) is 39.8 Å². The molecule has 7 nitrogen and oxygen atoms in total. The number of nitrogens with one attached hydrogen (secondary N) is 1. The number of rotatable bonds is 9. The molecular formula is C26H27FN4O3. The van der Waals surface area contributed by atoms with E-state index in [2.05, 4.69) is 15.4 Å². The molecule has 0 atom stereocenters. The Bertz CT molecular complexity index is 1260. The van der Waals surface area contributed by atoms with Crippen LogP contribution >= 0.6 is 0 Å². The predicted octanol–water partition coefficient (Wildman–Crippen LogP) is 5.10. The lowest BCUT2D eigenvalue weighted by Crippen LogP contribution is -2.28. The van der Waals surface area contributed by atoms with Crippen LogP contribution in [0, 0.1) is 19.7 Å². The Kier molecular flexibility index (Phi) is 7.06. The lowest BCUT2D eigenvalue weighted by atomic mass is 10.1. The van der Waals surface area contributed by atoms with Crippen LogP contribution in [0.3, 0.4) is 0 Å². The van der Waals surface area contributed by atoms with Crippen molar-refractivity contribution in [1.82, 2.24) is 20.3 Å². The number of aryl methyl sites for hydroxylation is 3. The highest BCUT2D eigenvalue weighted by Gasteiger charge is 2.14. The van der Waals surface area contributed by atoms with E-state index in [0.29, 0.717) is 30.2 Å². The molecule has 0 radical (unpaired) electrons. The lowest BCUT2D eigenvalue weighted by molar-refractivity contribution is 0.0793. The van der Waals surface area contributed by atoms with E-state index in [1.165, 1.54) is 12.1 Å². The normalized spacial score (nSPS) is 10.9. The number of amides is 1. The van der Waals surface area contributed by atoms with Gasteiger partial charge < -0.3 is 14.2 Å². The minimum Gasteiger partial charge on any atom is -0.489 e. The van der Waals surface area contributed by atoms with E-state index in [9.17, 15) is 9.18 Å². The first-order valence-electron chi connectivity index (χ1n) is 11.1. The SMILES string of the molecule is Cc1noc(C)c1COc1cccc(C(=O)N(C)CCCc2cc(-c3cccc(F)c3)n[nH]2)c1. The largest absolute Gasteiger partial charge is 0.489 e. The summed E-state index contributed by atoms with van der Waals surface area (Å²) in [5.41, 5.74) is 4.64. The van der Waals surface area contributed by atoms with Crippen LogP contribution in [0.4, 0.5) is 4.39 Å². The Morgan fingerprint density at radius 2 is 1.97 bits per heavy atom. The minimum absolute atomic E-state index is 0.0761. The van der Waals surface area contributed by atoms with Gasteiger partial charge in [-0.3, -0.25) is 9.89 Å². The highest BCUT2D eigenvalue weighted by molar-refractivity contribution is 5.94. The number of halogens is 1. The number of ether oxygens (including phenoxy) is 1. The molecule has 1 amide bonds. The molecule has 0 aliphatic heterocycles. The summed E-state index contributed by atoms with van der Waals surface area (Å²) in [6.07, 6.45) is 1.48. The molecule has 2 aromatic carbocycles. The predicted molar refractivity (Wildman–Crippen MR) is 126 cm³/mol. The van der Waals surface area contributed by atoms with E-state index in [1.807, 2.05) is 38.1 Å². The maximum Gasteiger partial charge on any atom is 0.253 e. The fraction of sp³-hybridized carbons (Fsp3) is 0.269. The highest BCUT2D eigenvalue weighted by Crippen LogP contribution is 2.21. The van der Waals surface area contributed by atoms with Crippen molar-refractivity contribution in [3.63, 3.8) is 0 Å². The molecule has 2 aromatic heterocycles. The molecule has 176 valence electrons. The second-order valence-electron chi connectivity index (χ2n) is 8.24. The van der Waals surface area contributed by atoms with Crippen molar-refractivity contribution in [2.45, 2.75) is 33.3 Å². The molecule has 0 unspecified atom stereocenters. The zero-order chi connectivity index (χ0) is 24.1. The van der Waals surface area contributed by atoms with Crippen LogP contribution in [0.1, 0.15) is 39.5 Å². The fourth-order valence-electron chi connectivity index (χ4n) is 3.70. The molecule has 1 N–H and O–H groups in total. The average Bonchev–Trinajstić information content (AvgIpc) is 3.43. The van der Waals surface area contributed by atoms with Crippen LogP contribution in [0.2, 0.25) is 0 Å². The third-order valence-corrected chi connectivity index (χ3v) is 5.68. The Hall–Kier alpha value is -3.94. The molecule has 0 aliphatic rings. The summed E-state index contributed by atoms with van der Waals surface area (Å²) < 4.78 is 24.5. The third kappa shape index (κ3) is 5.51. The first kappa shape index (κ1) is 23.2. The van der Waals surface area contributed by atoms with Crippen molar-refractivity contribution in [1.29, 1.82) is 0 Å². The smallest absolute Gasteiger partial charge is 0.253 e. The zero-order valence-corrected chi connectivity index (χ0v) is 19.5. The number of H-pyrrole nitrogens is 1. The summed E-state index contributed by atoms with van der Waals surface area (Å²) in [4.78, 5) is 14.6. The van der Waals surface area contributed by atoms with Crippen LogP contribution in [0.15, 0.2) is 59.1 Å². The molecule has 0 saturated heterocycles. The maximum atomic E-state index is 13.4. The van der Waals surface area contributed by atoms with Gasteiger partial charge in [0.05, 0.1) is 17.0 Å². The van der Waals surface area contributed by atoms with Gasteiger partial charge in [-0.15, -0.1) is 0 Å². The van der Waals surface area contributed by atoms with E-state index in [1.54, 1.807) is 30.1 Å². The molecule has 0 saturated carbocycles. The second-order valence-corrected chi connectivity index (χ2v) is 8.24. The van der Waals surface area contributed by atoms with E-state index in [-0.39, 0.29) is 11.7 Å². The zero-order valence-electron chi connectivity index (χ0n) is 19.5. The lowest BCUT2D eigenvalue weighted by Gasteiger charge is -2.17. The summed E-state index contributed by atoms with van der Waals surface area (Å²) in [7, 11) is 1.78. The standard InChI is InChI=1S/C26H27FN4O3/c1-17-24(18(2)34-30-17)16-33-23-11-5-8-20(14-23)26(32)31(3)12-6-10-22-15-25(29-28-22)19-7-4-9-21(27)13-19/h4-5,7-9,11,13-15H,6,10,12,16H2,1-3H3,(H,28,29). The Labute approximate surface area is 197 Å². The number of benzene rings is 2. The topological polar surface area (TPSA) is 84.2 Å². The van der Waals surface area contributed by atoms with Gasteiger partial charge in [0.15, 0.2) is 0 Å². The Morgan fingerprint density at radius 3 is 2.74 bits per heavy atom. The van der Waals surface area contributed by atoms with Gasteiger partial charge in [-0.05, 0) is 63.1 Å². The van der Waals surface area contributed by atoms with Gasteiger partial charge in [-0.2, -0.15) is 5.10 Å². The van der Waals surface area contributed by atoms with Crippen LogP contribution in [-0.2, 0) is 13.0 Å². The van der Waals surface area contributed by atoms with Crippen molar-refractivity contribution in [3.05, 3.63) is 88.7 Å². The quantitative estimate of drug-likeness (QED) is 0.374. The molecule has 4 rings (SSSR count). The van der Waals surface area contributed by atoms with Gasteiger partial charge in [0.25, 0.3) is 5.91 Å². The molecule has 2 heterocycles. The van der Waals surface area contributed by atoms with Gasteiger partial charge in [0.2, 0.25) is 0 Å². The first-order valence-corrected chi connectivity index (χ1v) is 11.1. The van der Waals surface area contributed by atoms with Gasteiger partial charge in [0, 0.05) is 30.4 Å². The maximum absolute atomic E-state index is 13.4. The minimum atomic E-state index is -0.291. The van der Waals surface area contributed by atoms with Crippen molar-refractivity contribution in [2.24, 2.45) is 0 Å². The number of hydrogen-bond donors (Lipinski definition) is 1. The Morgan fingerprint density at radius 1 is 1.15 bits per heavy atom. The molecule has 0 aliphatic carbocycles. The first-order chi connectivity index (χ1) is 16.4. The average molecular weight is 463 g/mol. The van der Waals surface area contributed by atoms with E-state index < -0.39 is 0 Å². The van der Waals surface area contributed by atoms with Gasteiger partial charge >= 0.3 is 0 Å². The molecule has 34 heavy (non-hydrogen) atoms. The molecule has 0 bridgehead atoms. The number of aromatic amines is 1. The number of nitrogens with zero attached hydrogens (tertiary/aromatic N) is 3. The van der Waals surface area contributed by atoms with Crippen molar-refractivity contribution in [2.75, 3.05) is 13.6 Å². The molecular weight excluding hydrogens is 435 g/mol. The van der Waals surface area contributed by atoms with Gasteiger partial charge in [-0.25, -0.2) is 4.39 Å². The Balaban J connectivity index is 1.29. The summed E-state index contributed by atoms with van der Waals surface area (Å²) in [5.74, 6) is 0.972. The number of hydrogen-bond acceptors (Lipinski definition) is 5. The van der Waals surface area contributed by atoms with Crippen molar-refractivity contribution in [3.8, 4) is 17.0 Å². The van der Waals surface area contributed by atoms with E-state index in [4.69, 9.17) is 9.26 Å². The van der Waals surface area contributed by atoms with Crippen LogP contribution in [0.5, 0.6) is 5.75 Å². The van der Waals surface area contributed by atoms with Gasteiger partial charge in [0.1, 0.15) is 23.9 Å². The highest BCUT2D eigenvalue weighted by atomic mass is 19.1. The second kappa shape index (κ2) is 10.3. The van der Waals surface area contributed by atoms with E-state index >= 15 is 0 Å². The third-order valence-electron chi connectivity index (χ3n) is 5.68. The summed E-state index contributed by atoms with van der Waals surface area (Å²) in [6, 6.07) is 15.4. The fourth-order valence-corrected chi connectivity index (χ4v) is 3.70. The summed E-state index contributed by atoms with van der Waals surface area (Å²) in [6.45, 7) is 4.63. The summed E-state index contributed by atoms with van der Waals surface area (Å²) in [5, 5.41) is 11.2. The number of carbonyl (C=O) groups is 1. The molecule has 4 aromatic rings. The van der Waals surface area contributed by atoms with Crippen LogP contribution in [0.25, 0.3) is 11.3 Å². The van der Waals surface area contributed by atoms with Crippen LogP contribution < -0.4 is 4.74 Å². The number of aromatic nitrogens is 3. The summed E-state index contributed by atoms with van der Waals surface area (Å²) >= 11 is 0. The molecule has 0 fully saturated rings. The van der Waals surface area contributed by atoms with Crippen molar-refractivity contribution < 1.29 is 18.4 Å².